The molecule has 162 valence electrons. The number of hydrogen-bond acceptors (Lipinski definition) is 1. The third kappa shape index (κ3) is 2.58. The van der Waals surface area contributed by atoms with Crippen molar-refractivity contribution in [3.63, 3.8) is 0 Å². The van der Waals surface area contributed by atoms with E-state index in [9.17, 15) is 0 Å². The van der Waals surface area contributed by atoms with Gasteiger partial charge in [-0.15, -0.1) is 0 Å². The first-order chi connectivity index (χ1) is 17.4. The van der Waals surface area contributed by atoms with Crippen molar-refractivity contribution in [1.29, 1.82) is 0 Å². The Morgan fingerprint density at radius 2 is 1.09 bits per heavy atom. The fourth-order valence-electron chi connectivity index (χ4n) is 5.88. The van der Waals surface area contributed by atoms with Gasteiger partial charge in [-0.05, 0) is 61.5 Å². The van der Waals surface area contributed by atoms with Gasteiger partial charge in [0.2, 0.25) is 0 Å². The van der Waals surface area contributed by atoms with Gasteiger partial charge in [0.1, 0.15) is 11.5 Å². The van der Waals surface area contributed by atoms with Crippen LogP contribution in [0.2, 0.25) is 0 Å². The average Bonchev–Trinajstić information content (AvgIpc) is 2.92. The van der Waals surface area contributed by atoms with Crippen LogP contribution in [0.4, 0.5) is 0 Å². The molecule has 0 aromatic heterocycles. The summed E-state index contributed by atoms with van der Waals surface area (Å²) in [6.07, 6.45) is 0. The second kappa shape index (κ2) is 6.94. The molecule has 7 aromatic rings. The van der Waals surface area contributed by atoms with Crippen LogP contribution in [-0.4, -0.2) is 0 Å². The van der Waals surface area contributed by atoms with Crippen molar-refractivity contribution in [1.82, 2.24) is 0 Å². The number of para-hydroxylation sites is 1. The number of hydrogen-bond donors (Lipinski definition) is 0. The Hall–Kier alpha value is -4.62. The zero-order chi connectivity index (χ0) is 22.9. The molecule has 0 saturated heterocycles. The molecule has 0 spiro atoms. The van der Waals surface area contributed by atoms with E-state index in [1.54, 1.807) is 0 Å². The summed E-state index contributed by atoms with van der Waals surface area (Å²) in [7, 11) is 0. The zero-order valence-corrected chi connectivity index (χ0v) is 19.0. The lowest BCUT2D eigenvalue weighted by Gasteiger charge is -2.25. The van der Waals surface area contributed by atoms with E-state index in [4.69, 9.17) is 4.74 Å². The maximum atomic E-state index is 6.74. The van der Waals surface area contributed by atoms with Gasteiger partial charge < -0.3 is 4.74 Å². The lowest BCUT2D eigenvalue weighted by molar-refractivity contribution is 0.489. The SMILES string of the molecule is c1ccc2c(c1)Oc1c(-c3c4ccccc4cc4ccc5ccccc5c34)ccc3cccc-2c13. The van der Waals surface area contributed by atoms with Gasteiger partial charge in [0.05, 0.1) is 0 Å². The molecule has 0 unspecified atom stereocenters. The summed E-state index contributed by atoms with van der Waals surface area (Å²) in [5, 5.41) is 9.90. The first kappa shape index (κ1) is 18.8. The minimum atomic E-state index is 0.911. The molecular weight excluding hydrogens is 424 g/mol. The Bertz CT molecular complexity index is 1980. The van der Waals surface area contributed by atoms with E-state index in [1.807, 2.05) is 6.07 Å². The van der Waals surface area contributed by atoms with E-state index in [0.29, 0.717) is 0 Å². The monoisotopic (exact) mass is 444 g/mol. The second-order valence-electron chi connectivity index (χ2n) is 9.30. The van der Waals surface area contributed by atoms with Gasteiger partial charge in [0, 0.05) is 22.1 Å². The lowest BCUT2D eigenvalue weighted by Crippen LogP contribution is -1.99. The van der Waals surface area contributed by atoms with E-state index < -0.39 is 0 Å². The molecule has 1 heterocycles. The maximum Gasteiger partial charge on any atom is 0.143 e. The molecule has 0 aliphatic carbocycles. The highest BCUT2D eigenvalue weighted by Gasteiger charge is 2.24. The van der Waals surface area contributed by atoms with Crippen molar-refractivity contribution in [2.24, 2.45) is 0 Å². The minimum absolute atomic E-state index is 0.911. The number of rotatable bonds is 1. The summed E-state index contributed by atoms with van der Waals surface area (Å²) in [6.45, 7) is 0. The standard InChI is InChI=1S/C34H20O/c1-3-11-25-21(8-1)16-17-24-20-23-9-2-4-12-26(23)33(31(24)25)29-19-18-22-10-7-14-28-27-13-5-6-15-30(27)35-34(29)32(22)28/h1-20H. The Morgan fingerprint density at radius 3 is 2.03 bits per heavy atom. The van der Waals surface area contributed by atoms with Crippen molar-refractivity contribution < 1.29 is 4.74 Å². The Kier molecular flexibility index (Phi) is 3.72. The molecule has 0 bridgehead atoms. The maximum absolute atomic E-state index is 6.74. The molecule has 0 radical (unpaired) electrons. The highest BCUT2D eigenvalue weighted by Crippen LogP contribution is 2.52. The van der Waals surface area contributed by atoms with Crippen LogP contribution >= 0.6 is 0 Å². The first-order valence-electron chi connectivity index (χ1n) is 12.0. The van der Waals surface area contributed by atoms with Gasteiger partial charge in [-0.3, -0.25) is 0 Å². The third-order valence-corrected chi connectivity index (χ3v) is 7.41. The van der Waals surface area contributed by atoms with Gasteiger partial charge in [-0.25, -0.2) is 0 Å². The summed E-state index contributed by atoms with van der Waals surface area (Å²) in [5.74, 6) is 1.86. The highest BCUT2D eigenvalue weighted by atomic mass is 16.5. The van der Waals surface area contributed by atoms with Gasteiger partial charge in [-0.1, -0.05) is 103 Å². The van der Waals surface area contributed by atoms with E-state index in [1.165, 1.54) is 54.2 Å². The van der Waals surface area contributed by atoms with E-state index in [2.05, 4.69) is 115 Å². The van der Waals surface area contributed by atoms with E-state index in [0.717, 1.165) is 22.6 Å². The molecule has 1 aliphatic heterocycles. The predicted octanol–water partition coefficient (Wildman–Crippen LogP) is 9.74. The van der Waals surface area contributed by atoms with Gasteiger partial charge >= 0.3 is 0 Å². The molecule has 8 rings (SSSR count). The van der Waals surface area contributed by atoms with Crippen LogP contribution in [0.1, 0.15) is 0 Å². The van der Waals surface area contributed by atoms with E-state index >= 15 is 0 Å². The summed E-state index contributed by atoms with van der Waals surface area (Å²) in [6, 6.07) is 43.6. The van der Waals surface area contributed by atoms with Crippen LogP contribution in [0.25, 0.3) is 65.3 Å². The van der Waals surface area contributed by atoms with Crippen LogP contribution in [0.5, 0.6) is 11.5 Å². The van der Waals surface area contributed by atoms with Crippen molar-refractivity contribution in [3.05, 3.63) is 121 Å². The topological polar surface area (TPSA) is 9.23 Å². The Labute approximate surface area is 202 Å². The normalized spacial score (nSPS) is 12.2. The zero-order valence-electron chi connectivity index (χ0n) is 19.0. The fraction of sp³-hybridized carbons (Fsp3) is 0. The Morgan fingerprint density at radius 1 is 0.400 bits per heavy atom. The van der Waals surface area contributed by atoms with Gasteiger partial charge in [0.15, 0.2) is 0 Å². The molecule has 0 fully saturated rings. The van der Waals surface area contributed by atoms with Crippen LogP contribution in [0.3, 0.4) is 0 Å². The fourth-order valence-corrected chi connectivity index (χ4v) is 5.88. The number of ether oxygens (including phenoxy) is 1. The van der Waals surface area contributed by atoms with Crippen LogP contribution in [-0.2, 0) is 0 Å². The largest absolute Gasteiger partial charge is 0.455 e. The van der Waals surface area contributed by atoms with Gasteiger partial charge in [0.25, 0.3) is 0 Å². The van der Waals surface area contributed by atoms with Crippen LogP contribution < -0.4 is 4.74 Å². The summed E-state index contributed by atoms with van der Waals surface area (Å²) in [5.41, 5.74) is 4.75. The minimum Gasteiger partial charge on any atom is -0.455 e. The van der Waals surface area contributed by atoms with Crippen molar-refractivity contribution in [3.8, 4) is 33.8 Å². The third-order valence-electron chi connectivity index (χ3n) is 7.41. The molecule has 0 amide bonds. The molecule has 0 N–H and O–H groups in total. The number of benzene rings is 7. The highest BCUT2D eigenvalue weighted by molar-refractivity contribution is 6.23. The summed E-state index contributed by atoms with van der Waals surface area (Å²) in [4.78, 5) is 0. The predicted molar refractivity (Wildman–Crippen MR) is 147 cm³/mol. The van der Waals surface area contributed by atoms with Crippen LogP contribution in [0.15, 0.2) is 121 Å². The molecular formula is C34H20O. The number of fused-ring (bicyclic) bond motifs is 6. The molecule has 1 heteroatoms. The quantitative estimate of drug-likeness (QED) is 0.181. The van der Waals surface area contributed by atoms with Crippen molar-refractivity contribution >= 4 is 43.1 Å². The molecule has 0 atom stereocenters. The average molecular weight is 445 g/mol. The molecule has 7 aromatic carbocycles. The second-order valence-corrected chi connectivity index (χ2v) is 9.30. The van der Waals surface area contributed by atoms with Crippen molar-refractivity contribution in [2.75, 3.05) is 0 Å². The molecule has 1 aliphatic rings. The molecule has 1 nitrogen and oxygen atoms in total. The first-order valence-corrected chi connectivity index (χ1v) is 12.0. The molecule has 35 heavy (non-hydrogen) atoms. The van der Waals surface area contributed by atoms with Crippen LogP contribution in [0, 0.1) is 0 Å². The van der Waals surface area contributed by atoms with Crippen molar-refractivity contribution in [2.45, 2.75) is 0 Å². The Balaban J connectivity index is 1.60. The summed E-state index contributed by atoms with van der Waals surface area (Å²) < 4.78 is 6.74. The smallest absolute Gasteiger partial charge is 0.143 e. The van der Waals surface area contributed by atoms with E-state index in [-0.39, 0.29) is 0 Å². The summed E-state index contributed by atoms with van der Waals surface area (Å²) >= 11 is 0. The van der Waals surface area contributed by atoms with Gasteiger partial charge in [-0.2, -0.15) is 0 Å². The lowest BCUT2D eigenvalue weighted by atomic mass is 9.86. The molecule has 0 saturated carbocycles.